The maximum atomic E-state index is 12.3. The average Bonchev–Trinajstić information content (AvgIpc) is 2.98. The molecule has 27 heavy (non-hydrogen) atoms. The molecule has 1 fully saturated rings. The molecule has 0 spiro atoms. The number of nitrogens with one attached hydrogen (secondary N) is 1. The Bertz CT molecular complexity index is 756. The lowest BCUT2D eigenvalue weighted by atomic mass is 10.1. The predicted octanol–water partition coefficient (Wildman–Crippen LogP) is 3.06. The zero-order valence-electron chi connectivity index (χ0n) is 15.9. The number of benzene rings is 1. The van der Waals surface area contributed by atoms with Crippen LogP contribution in [0.2, 0.25) is 0 Å². The molecule has 0 aliphatic carbocycles. The molecular formula is C20H26N4O3. The van der Waals surface area contributed by atoms with Gasteiger partial charge < -0.3 is 19.7 Å². The van der Waals surface area contributed by atoms with E-state index < -0.39 is 0 Å². The van der Waals surface area contributed by atoms with Crippen molar-refractivity contribution in [3.05, 3.63) is 35.9 Å². The molecule has 0 bridgehead atoms. The Morgan fingerprint density at radius 2 is 1.74 bits per heavy atom. The van der Waals surface area contributed by atoms with Gasteiger partial charge in [0.25, 0.3) is 0 Å². The summed E-state index contributed by atoms with van der Waals surface area (Å²) in [6, 6.07) is 9.16. The second-order valence-corrected chi connectivity index (χ2v) is 6.59. The first-order valence-electron chi connectivity index (χ1n) is 9.29. The van der Waals surface area contributed by atoms with E-state index in [9.17, 15) is 4.79 Å². The Morgan fingerprint density at radius 3 is 2.37 bits per heavy atom. The molecule has 7 heteroatoms. The fourth-order valence-electron chi connectivity index (χ4n) is 3.22. The van der Waals surface area contributed by atoms with Crippen LogP contribution in [0.25, 0.3) is 0 Å². The van der Waals surface area contributed by atoms with Gasteiger partial charge in [-0.1, -0.05) is 18.9 Å². The number of hydrogen-bond acceptors (Lipinski definition) is 6. The molecule has 1 saturated heterocycles. The number of aromatic nitrogens is 2. The van der Waals surface area contributed by atoms with E-state index in [4.69, 9.17) is 9.47 Å². The van der Waals surface area contributed by atoms with Crippen molar-refractivity contribution >= 4 is 17.5 Å². The Hall–Kier alpha value is -2.83. The molecule has 1 aliphatic rings. The van der Waals surface area contributed by atoms with Crippen LogP contribution in [0.5, 0.6) is 11.5 Å². The van der Waals surface area contributed by atoms with Crippen LogP contribution in [-0.4, -0.2) is 43.4 Å². The summed E-state index contributed by atoms with van der Waals surface area (Å²) < 4.78 is 10.5. The van der Waals surface area contributed by atoms with Crippen molar-refractivity contribution in [2.24, 2.45) is 0 Å². The zero-order valence-corrected chi connectivity index (χ0v) is 15.9. The highest BCUT2D eigenvalue weighted by molar-refractivity contribution is 5.91. The van der Waals surface area contributed by atoms with Crippen LogP contribution in [0.1, 0.15) is 31.2 Å². The van der Waals surface area contributed by atoms with Gasteiger partial charge in [0.2, 0.25) is 5.91 Å². The monoisotopic (exact) mass is 370 g/mol. The van der Waals surface area contributed by atoms with E-state index >= 15 is 0 Å². The highest BCUT2D eigenvalue weighted by atomic mass is 16.5. The molecular weight excluding hydrogens is 344 g/mol. The summed E-state index contributed by atoms with van der Waals surface area (Å²) in [5, 5.41) is 11.2. The van der Waals surface area contributed by atoms with Gasteiger partial charge in [-0.2, -0.15) is 0 Å². The lowest BCUT2D eigenvalue weighted by molar-refractivity contribution is -0.115. The predicted molar refractivity (Wildman–Crippen MR) is 105 cm³/mol. The van der Waals surface area contributed by atoms with Crippen molar-refractivity contribution in [3.8, 4) is 11.5 Å². The largest absolute Gasteiger partial charge is 0.493 e. The van der Waals surface area contributed by atoms with Gasteiger partial charge in [0, 0.05) is 13.1 Å². The Morgan fingerprint density at radius 1 is 1.00 bits per heavy atom. The maximum absolute atomic E-state index is 12.3. The van der Waals surface area contributed by atoms with E-state index in [1.807, 2.05) is 12.1 Å². The fraction of sp³-hybridized carbons (Fsp3) is 0.450. The Kier molecular flexibility index (Phi) is 6.46. The van der Waals surface area contributed by atoms with Crippen LogP contribution in [0.3, 0.4) is 0 Å². The van der Waals surface area contributed by atoms with Gasteiger partial charge in [0.1, 0.15) is 0 Å². The SMILES string of the molecule is COc1ccc(CC(=O)Nc2ccc(N3CCCCCC3)nn2)cc1OC. The third kappa shape index (κ3) is 5.09. The number of carbonyl (C=O) groups is 1. The van der Waals surface area contributed by atoms with Gasteiger partial charge in [-0.05, 0) is 42.7 Å². The normalized spacial score (nSPS) is 14.4. The molecule has 1 aromatic carbocycles. The number of hydrogen-bond donors (Lipinski definition) is 1. The van der Waals surface area contributed by atoms with Crippen molar-refractivity contribution in [2.45, 2.75) is 32.1 Å². The van der Waals surface area contributed by atoms with Gasteiger partial charge in [0.15, 0.2) is 23.1 Å². The van der Waals surface area contributed by atoms with Gasteiger partial charge in [-0.25, -0.2) is 0 Å². The molecule has 0 atom stereocenters. The summed E-state index contributed by atoms with van der Waals surface area (Å²) in [5.41, 5.74) is 0.833. The molecule has 3 rings (SSSR count). The van der Waals surface area contributed by atoms with Gasteiger partial charge in [-0.3, -0.25) is 4.79 Å². The second-order valence-electron chi connectivity index (χ2n) is 6.59. The molecule has 1 aromatic heterocycles. The van der Waals surface area contributed by atoms with Crippen molar-refractivity contribution in [1.82, 2.24) is 10.2 Å². The summed E-state index contributed by atoms with van der Waals surface area (Å²) in [4.78, 5) is 14.6. The van der Waals surface area contributed by atoms with E-state index in [0.29, 0.717) is 17.3 Å². The maximum Gasteiger partial charge on any atom is 0.229 e. The summed E-state index contributed by atoms with van der Waals surface area (Å²) >= 11 is 0. The molecule has 7 nitrogen and oxygen atoms in total. The topological polar surface area (TPSA) is 76.6 Å². The molecule has 144 valence electrons. The highest BCUT2D eigenvalue weighted by Gasteiger charge is 2.13. The number of amides is 1. The number of nitrogens with zero attached hydrogens (tertiary/aromatic N) is 3. The molecule has 2 heterocycles. The first-order chi connectivity index (χ1) is 13.2. The van der Waals surface area contributed by atoms with E-state index in [0.717, 1.165) is 24.5 Å². The minimum Gasteiger partial charge on any atom is -0.493 e. The van der Waals surface area contributed by atoms with Crippen LogP contribution in [0, 0.1) is 0 Å². The van der Waals surface area contributed by atoms with Crippen molar-refractivity contribution in [1.29, 1.82) is 0 Å². The molecule has 0 saturated carbocycles. The smallest absolute Gasteiger partial charge is 0.229 e. The summed E-state index contributed by atoms with van der Waals surface area (Å²) in [7, 11) is 3.15. The van der Waals surface area contributed by atoms with Crippen LogP contribution in [-0.2, 0) is 11.2 Å². The van der Waals surface area contributed by atoms with E-state index in [2.05, 4.69) is 20.4 Å². The number of ether oxygens (including phenoxy) is 2. The minimum absolute atomic E-state index is 0.154. The zero-order chi connectivity index (χ0) is 19.1. The van der Waals surface area contributed by atoms with Crippen molar-refractivity contribution in [2.75, 3.05) is 37.5 Å². The van der Waals surface area contributed by atoms with Crippen molar-refractivity contribution in [3.63, 3.8) is 0 Å². The van der Waals surface area contributed by atoms with Crippen LogP contribution in [0.15, 0.2) is 30.3 Å². The third-order valence-corrected chi connectivity index (χ3v) is 4.66. The van der Waals surface area contributed by atoms with Crippen molar-refractivity contribution < 1.29 is 14.3 Å². The molecule has 0 unspecified atom stereocenters. The highest BCUT2D eigenvalue weighted by Crippen LogP contribution is 2.27. The Balaban J connectivity index is 1.59. The van der Waals surface area contributed by atoms with Gasteiger partial charge in [-0.15, -0.1) is 10.2 Å². The standard InChI is InChI=1S/C20H26N4O3/c1-26-16-8-7-15(13-17(16)27-2)14-20(25)21-18-9-10-19(23-22-18)24-11-5-3-4-6-12-24/h7-10,13H,3-6,11-12,14H2,1-2H3,(H,21,22,25). The first-order valence-corrected chi connectivity index (χ1v) is 9.29. The summed E-state index contributed by atoms with van der Waals surface area (Å²) in [5.74, 6) is 2.41. The number of rotatable bonds is 6. The quantitative estimate of drug-likeness (QED) is 0.842. The van der Waals surface area contributed by atoms with Crippen LogP contribution in [0.4, 0.5) is 11.6 Å². The van der Waals surface area contributed by atoms with E-state index in [1.165, 1.54) is 25.7 Å². The lowest BCUT2D eigenvalue weighted by Crippen LogP contribution is -2.25. The lowest BCUT2D eigenvalue weighted by Gasteiger charge is -2.20. The second kappa shape index (κ2) is 9.21. The molecule has 0 radical (unpaired) electrons. The average molecular weight is 370 g/mol. The summed E-state index contributed by atoms with van der Waals surface area (Å²) in [6.45, 7) is 2.03. The first kappa shape index (κ1) is 18.9. The summed E-state index contributed by atoms with van der Waals surface area (Å²) in [6.07, 6.45) is 5.13. The third-order valence-electron chi connectivity index (χ3n) is 4.66. The van der Waals surface area contributed by atoms with Gasteiger partial charge >= 0.3 is 0 Å². The minimum atomic E-state index is -0.154. The molecule has 2 aromatic rings. The fourth-order valence-corrected chi connectivity index (χ4v) is 3.22. The Labute approximate surface area is 159 Å². The molecule has 1 amide bonds. The van der Waals surface area contributed by atoms with E-state index in [-0.39, 0.29) is 12.3 Å². The number of anilines is 2. The number of carbonyl (C=O) groups excluding carboxylic acids is 1. The van der Waals surface area contributed by atoms with E-state index in [1.54, 1.807) is 32.4 Å². The van der Waals surface area contributed by atoms with Crippen LogP contribution >= 0.6 is 0 Å². The molecule has 1 N–H and O–H groups in total. The molecule has 1 aliphatic heterocycles. The number of methoxy groups -OCH3 is 2. The van der Waals surface area contributed by atoms with Crippen LogP contribution < -0.4 is 19.7 Å². The van der Waals surface area contributed by atoms with Gasteiger partial charge in [0.05, 0.1) is 20.6 Å².